The summed E-state index contributed by atoms with van der Waals surface area (Å²) in [6.07, 6.45) is -1.78. The summed E-state index contributed by atoms with van der Waals surface area (Å²) >= 11 is 2.93. The van der Waals surface area contributed by atoms with Crippen molar-refractivity contribution in [3.05, 3.63) is 27.5 Å². The summed E-state index contributed by atoms with van der Waals surface area (Å²) in [6, 6.07) is 3.61. The smallest absolute Gasteiger partial charge is 0.253 e. The third-order valence-corrected chi connectivity index (χ3v) is 2.62. The van der Waals surface area contributed by atoms with Crippen LogP contribution in [0, 0.1) is 22.7 Å². The molecule has 0 aliphatic carbocycles. The molecule has 0 spiro atoms. The zero-order valence-electron chi connectivity index (χ0n) is 7.34. The van der Waals surface area contributed by atoms with Crippen LogP contribution >= 0.6 is 15.9 Å². The van der Waals surface area contributed by atoms with Gasteiger partial charge in [-0.1, -0.05) is 0 Å². The zero-order valence-corrected chi connectivity index (χ0v) is 8.92. The summed E-state index contributed by atoms with van der Waals surface area (Å²) in [6.45, 7) is 0. The van der Waals surface area contributed by atoms with E-state index in [2.05, 4.69) is 20.9 Å². The summed E-state index contributed by atoms with van der Waals surface area (Å²) in [5.41, 5.74) is -0.0580. The number of nitrogens with zero attached hydrogens (tertiary/aromatic N) is 3. The normalized spacial score (nSPS) is 9.73. The first-order valence-electron chi connectivity index (χ1n) is 3.84. The Kier molecular flexibility index (Phi) is 3.70. The van der Waals surface area contributed by atoms with E-state index in [1.54, 1.807) is 6.07 Å². The SMILES string of the molecule is N#CCc1c(C#N)cnc(C(F)F)c1Br. The quantitative estimate of drug-likeness (QED) is 0.831. The van der Waals surface area contributed by atoms with Crippen molar-refractivity contribution in [3.63, 3.8) is 0 Å². The Morgan fingerprint density at radius 2 is 2.13 bits per heavy atom. The van der Waals surface area contributed by atoms with Gasteiger partial charge in [0.15, 0.2) is 0 Å². The number of hydrogen-bond acceptors (Lipinski definition) is 3. The van der Waals surface area contributed by atoms with E-state index in [9.17, 15) is 8.78 Å². The molecular weight excluding hydrogens is 268 g/mol. The van der Waals surface area contributed by atoms with Crippen LogP contribution in [0.4, 0.5) is 8.78 Å². The molecule has 0 amide bonds. The molecule has 0 fully saturated rings. The highest BCUT2D eigenvalue weighted by molar-refractivity contribution is 9.10. The number of nitriles is 2. The van der Waals surface area contributed by atoms with Crippen LogP contribution in [-0.2, 0) is 6.42 Å². The van der Waals surface area contributed by atoms with Gasteiger partial charge in [0.05, 0.1) is 22.5 Å². The number of rotatable bonds is 2. The second-order valence-corrected chi connectivity index (χ2v) is 3.39. The van der Waals surface area contributed by atoms with E-state index in [0.29, 0.717) is 0 Å². The average Bonchev–Trinajstić information content (AvgIpc) is 2.20. The molecule has 1 heterocycles. The third-order valence-electron chi connectivity index (χ3n) is 1.73. The molecular formula is C9H4BrF2N3. The van der Waals surface area contributed by atoms with Crippen LogP contribution in [-0.4, -0.2) is 4.98 Å². The first kappa shape index (κ1) is 11.5. The predicted molar refractivity (Wildman–Crippen MR) is 50.9 cm³/mol. The monoisotopic (exact) mass is 271 g/mol. The summed E-state index contributed by atoms with van der Waals surface area (Å²) in [5, 5.41) is 17.2. The van der Waals surface area contributed by atoms with Gasteiger partial charge in [-0.25, -0.2) is 8.78 Å². The van der Waals surface area contributed by atoms with Crippen molar-refractivity contribution in [3.8, 4) is 12.1 Å². The highest BCUT2D eigenvalue weighted by atomic mass is 79.9. The van der Waals surface area contributed by atoms with Crippen molar-refractivity contribution in [1.29, 1.82) is 10.5 Å². The van der Waals surface area contributed by atoms with Crippen LogP contribution in [0.3, 0.4) is 0 Å². The fourth-order valence-corrected chi connectivity index (χ4v) is 1.67. The molecule has 1 aromatic heterocycles. The number of alkyl halides is 2. The lowest BCUT2D eigenvalue weighted by Crippen LogP contribution is -1.99. The van der Waals surface area contributed by atoms with Gasteiger partial charge in [-0.2, -0.15) is 10.5 Å². The van der Waals surface area contributed by atoms with E-state index in [0.717, 1.165) is 6.20 Å². The lowest BCUT2D eigenvalue weighted by atomic mass is 10.1. The molecule has 0 saturated heterocycles. The summed E-state index contributed by atoms with van der Waals surface area (Å²) < 4.78 is 24.9. The highest BCUT2D eigenvalue weighted by Gasteiger charge is 2.18. The molecule has 0 atom stereocenters. The minimum Gasteiger partial charge on any atom is -0.253 e. The number of hydrogen-bond donors (Lipinski definition) is 0. The van der Waals surface area contributed by atoms with E-state index in [-0.39, 0.29) is 22.0 Å². The lowest BCUT2D eigenvalue weighted by molar-refractivity contribution is 0.145. The Bertz CT molecular complexity index is 460. The van der Waals surface area contributed by atoms with E-state index in [1.165, 1.54) is 0 Å². The van der Waals surface area contributed by atoms with Crippen molar-refractivity contribution in [2.45, 2.75) is 12.8 Å². The van der Waals surface area contributed by atoms with E-state index in [1.807, 2.05) is 6.07 Å². The minimum absolute atomic E-state index is 0.0399. The van der Waals surface area contributed by atoms with Crippen molar-refractivity contribution < 1.29 is 8.78 Å². The molecule has 0 unspecified atom stereocenters. The van der Waals surface area contributed by atoms with Gasteiger partial charge < -0.3 is 0 Å². The molecule has 3 nitrogen and oxygen atoms in total. The average molecular weight is 272 g/mol. The van der Waals surface area contributed by atoms with Crippen LogP contribution in [0.5, 0.6) is 0 Å². The molecule has 0 radical (unpaired) electrons. The van der Waals surface area contributed by atoms with Gasteiger partial charge in [0.25, 0.3) is 6.43 Å². The van der Waals surface area contributed by atoms with Gasteiger partial charge in [0.1, 0.15) is 11.8 Å². The number of pyridine rings is 1. The molecule has 76 valence electrons. The Morgan fingerprint density at radius 3 is 2.60 bits per heavy atom. The van der Waals surface area contributed by atoms with Crippen molar-refractivity contribution >= 4 is 15.9 Å². The second-order valence-electron chi connectivity index (χ2n) is 2.60. The maximum atomic E-state index is 12.4. The first-order valence-corrected chi connectivity index (χ1v) is 4.63. The maximum Gasteiger partial charge on any atom is 0.281 e. The highest BCUT2D eigenvalue weighted by Crippen LogP contribution is 2.30. The molecule has 15 heavy (non-hydrogen) atoms. The van der Waals surface area contributed by atoms with E-state index in [4.69, 9.17) is 10.5 Å². The van der Waals surface area contributed by atoms with Crippen LogP contribution in [0.25, 0.3) is 0 Å². The Labute approximate surface area is 93.1 Å². The van der Waals surface area contributed by atoms with Gasteiger partial charge in [-0.05, 0) is 15.9 Å². The van der Waals surface area contributed by atoms with Crippen molar-refractivity contribution in [2.75, 3.05) is 0 Å². The summed E-state index contributed by atoms with van der Waals surface area (Å²) in [7, 11) is 0. The third kappa shape index (κ3) is 2.28. The van der Waals surface area contributed by atoms with Crippen LogP contribution < -0.4 is 0 Å². The number of halogens is 3. The first-order chi connectivity index (χ1) is 7.11. The molecule has 0 aliphatic rings. The fraction of sp³-hybridized carbons (Fsp3) is 0.222. The molecule has 0 aromatic carbocycles. The fourth-order valence-electron chi connectivity index (χ4n) is 1.04. The standard InChI is InChI=1S/C9H4BrF2N3/c10-7-6(1-2-13)5(3-14)4-15-8(7)9(11)12/h4,9H,1H2. The van der Waals surface area contributed by atoms with E-state index >= 15 is 0 Å². The Morgan fingerprint density at radius 1 is 1.47 bits per heavy atom. The van der Waals surface area contributed by atoms with Gasteiger partial charge in [-0.3, -0.25) is 4.98 Å². The molecule has 0 N–H and O–H groups in total. The Balaban J connectivity index is 3.38. The predicted octanol–water partition coefficient (Wildman–Crippen LogP) is 2.72. The van der Waals surface area contributed by atoms with E-state index < -0.39 is 12.1 Å². The summed E-state index contributed by atoms with van der Waals surface area (Å²) in [4.78, 5) is 3.46. The number of aromatic nitrogens is 1. The Hall–Kier alpha value is -1.53. The maximum absolute atomic E-state index is 12.4. The van der Waals surface area contributed by atoms with Crippen LogP contribution in [0.15, 0.2) is 10.7 Å². The molecule has 0 aliphatic heterocycles. The molecule has 0 saturated carbocycles. The zero-order chi connectivity index (χ0) is 11.4. The largest absolute Gasteiger partial charge is 0.281 e. The summed E-state index contributed by atoms with van der Waals surface area (Å²) in [5.74, 6) is 0. The lowest BCUT2D eigenvalue weighted by Gasteiger charge is -2.07. The molecule has 1 aromatic rings. The van der Waals surface area contributed by atoms with Crippen LogP contribution in [0.1, 0.15) is 23.2 Å². The molecule has 1 rings (SSSR count). The van der Waals surface area contributed by atoms with Crippen molar-refractivity contribution in [2.24, 2.45) is 0 Å². The van der Waals surface area contributed by atoms with Gasteiger partial charge >= 0.3 is 0 Å². The van der Waals surface area contributed by atoms with Crippen LogP contribution in [0.2, 0.25) is 0 Å². The van der Waals surface area contributed by atoms with Crippen molar-refractivity contribution in [1.82, 2.24) is 4.98 Å². The molecule has 6 heteroatoms. The van der Waals surface area contributed by atoms with Gasteiger partial charge in [0.2, 0.25) is 0 Å². The van der Waals surface area contributed by atoms with Gasteiger partial charge in [0, 0.05) is 11.8 Å². The van der Waals surface area contributed by atoms with Gasteiger partial charge in [-0.15, -0.1) is 0 Å². The molecule has 0 bridgehead atoms. The minimum atomic E-state index is -2.73. The second kappa shape index (κ2) is 4.81. The topological polar surface area (TPSA) is 60.5 Å².